The van der Waals surface area contributed by atoms with Crippen molar-refractivity contribution in [1.29, 1.82) is 10.5 Å². The SMILES string of the molecule is CSOC[C@@H](NC(=O)OC(C)(C)C)C(=O)N1CCc2nc(Nc3ccc(C#N)cc3)nc(Oc3c(C)cc(C#N)cc3C)c2C1. The molecule has 2 heterocycles. The highest BCUT2D eigenvalue weighted by Gasteiger charge is 2.33. The molecule has 2 amide bonds. The molecule has 45 heavy (non-hydrogen) atoms. The van der Waals surface area contributed by atoms with Gasteiger partial charge in [0.25, 0.3) is 0 Å². The summed E-state index contributed by atoms with van der Waals surface area (Å²) in [6, 6.07) is 13.6. The van der Waals surface area contributed by atoms with E-state index < -0.39 is 17.7 Å². The lowest BCUT2D eigenvalue weighted by Gasteiger charge is -2.32. The Morgan fingerprint density at radius 2 is 1.73 bits per heavy atom. The van der Waals surface area contributed by atoms with Crippen molar-refractivity contribution in [2.24, 2.45) is 0 Å². The van der Waals surface area contributed by atoms with Gasteiger partial charge in [-0.2, -0.15) is 15.5 Å². The zero-order valence-electron chi connectivity index (χ0n) is 26.1. The molecule has 0 spiro atoms. The number of nitriles is 2. The molecule has 0 aliphatic carbocycles. The summed E-state index contributed by atoms with van der Waals surface area (Å²) in [5.74, 6) is 0.731. The van der Waals surface area contributed by atoms with E-state index >= 15 is 0 Å². The van der Waals surface area contributed by atoms with E-state index in [9.17, 15) is 14.9 Å². The molecule has 0 fully saturated rings. The molecule has 12 nitrogen and oxygen atoms in total. The summed E-state index contributed by atoms with van der Waals surface area (Å²) in [5, 5.41) is 24.4. The molecule has 1 aliphatic rings. The van der Waals surface area contributed by atoms with E-state index in [1.165, 1.54) is 0 Å². The lowest BCUT2D eigenvalue weighted by Crippen LogP contribution is -2.52. The number of ether oxygens (including phenoxy) is 2. The largest absolute Gasteiger partial charge is 0.444 e. The zero-order valence-corrected chi connectivity index (χ0v) is 26.9. The molecule has 1 aliphatic heterocycles. The van der Waals surface area contributed by atoms with Gasteiger partial charge >= 0.3 is 6.09 Å². The Morgan fingerprint density at radius 3 is 2.33 bits per heavy atom. The van der Waals surface area contributed by atoms with Crippen LogP contribution in [0.25, 0.3) is 0 Å². The number of hydrogen-bond acceptors (Lipinski definition) is 11. The average molecular weight is 630 g/mol. The van der Waals surface area contributed by atoms with Crippen LogP contribution in [0.5, 0.6) is 11.6 Å². The Balaban J connectivity index is 1.68. The van der Waals surface area contributed by atoms with Crippen molar-refractivity contribution in [2.75, 3.05) is 24.7 Å². The van der Waals surface area contributed by atoms with E-state index in [1.54, 1.807) is 68.3 Å². The number of fused-ring (bicyclic) bond motifs is 1. The number of aryl methyl sites for hydroxylation is 2. The van der Waals surface area contributed by atoms with E-state index in [0.29, 0.717) is 46.8 Å². The fourth-order valence-corrected chi connectivity index (χ4v) is 5.00. The van der Waals surface area contributed by atoms with Crippen LogP contribution < -0.4 is 15.4 Å². The van der Waals surface area contributed by atoms with Gasteiger partial charge in [0.15, 0.2) is 0 Å². The van der Waals surface area contributed by atoms with Crippen LogP contribution in [0.1, 0.15) is 54.3 Å². The molecule has 2 N–H and O–H groups in total. The third-order valence-corrected chi connectivity index (χ3v) is 7.11. The molecule has 0 unspecified atom stereocenters. The Kier molecular flexibility index (Phi) is 10.5. The summed E-state index contributed by atoms with van der Waals surface area (Å²) < 4.78 is 17.2. The number of anilines is 2. The van der Waals surface area contributed by atoms with Gasteiger partial charge in [0.1, 0.15) is 17.4 Å². The number of hydrogen-bond donors (Lipinski definition) is 2. The van der Waals surface area contributed by atoms with Crippen LogP contribution in [0, 0.1) is 36.5 Å². The van der Waals surface area contributed by atoms with Gasteiger partial charge in [0.2, 0.25) is 17.7 Å². The monoisotopic (exact) mass is 629 g/mol. The fraction of sp³-hybridized carbons (Fsp3) is 0.375. The first kappa shape index (κ1) is 33.1. The lowest BCUT2D eigenvalue weighted by molar-refractivity contribution is -0.135. The first-order valence-corrected chi connectivity index (χ1v) is 15.4. The highest BCUT2D eigenvalue weighted by molar-refractivity contribution is 7.93. The number of carbonyl (C=O) groups is 2. The van der Waals surface area contributed by atoms with E-state index in [0.717, 1.165) is 23.2 Å². The number of nitrogens with one attached hydrogen (secondary N) is 2. The third-order valence-electron chi connectivity index (χ3n) is 6.73. The minimum absolute atomic E-state index is 0.0560. The van der Waals surface area contributed by atoms with Crippen molar-refractivity contribution >= 4 is 35.7 Å². The lowest BCUT2D eigenvalue weighted by atomic mass is 10.0. The Morgan fingerprint density at radius 1 is 1.07 bits per heavy atom. The first-order valence-electron chi connectivity index (χ1n) is 14.2. The standard InChI is InChI=1S/C32H35N7O5S/c1-19-13-22(16-34)14-20(2)27(19)43-28-24-17-39(29(40)26(18-42-45-6)37-31(41)44-32(3,4)5)12-11-25(24)36-30(38-28)35-23-9-7-21(15-33)8-10-23/h7-10,13-14,26H,11-12,17-18H2,1-6H3,(H,37,41)(H,35,36,38)/t26-/m1/s1. The van der Waals surface area contributed by atoms with E-state index in [4.69, 9.17) is 28.9 Å². The Hall–Kier alpha value is -4.85. The molecule has 3 aromatic rings. The van der Waals surface area contributed by atoms with Crippen LogP contribution in [0.3, 0.4) is 0 Å². The molecule has 13 heteroatoms. The van der Waals surface area contributed by atoms with Crippen LogP contribution >= 0.6 is 12.0 Å². The van der Waals surface area contributed by atoms with Gasteiger partial charge in [0, 0.05) is 24.9 Å². The summed E-state index contributed by atoms with van der Waals surface area (Å²) in [4.78, 5) is 37.3. The van der Waals surface area contributed by atoms with E-state index in [1.807, 2.05) is 13.8 Å². The van der Waals surface area contributed by atoms with Gasteiger partial charge in [-0.3, -0.25) is 4.79 Å². The number of alkyl carbamates (subject to hydrolysis) is 1. The number of nitrogens with zero attached hydrogens (tertiary/aromatic N) is 5. The molecule has 4 rings (SSSR count). The maximum absolute atomic E-state index is 13.7. The molecule has 2 aromatic carbocycles. The van der Waals surface area contributed by atoms with Crippen molar-refractivity contribution in [3.8, 4) is 23.8 Å². The molecule has 0 saturated carbocycles. The van der Waals surface area contributed by atoms with Crippen molar-refractivity contribution in [3.05, 3.63) is 69.9 Å². The fourth-order valence-electron chi connectivity index (χ4n) is 4.72. The topological polar surface area (TPSA) is 162 Å². The first-order chi connectivity index (χ1) is 21.4. The van der Waals surface area contributed by atoms with Crippen LogP contribution in [-0.2, 0) is 26.7 Å². The highest BCUT2D eigenvalue weighted by Crippen LogP contribution is 2.35. The Labute approximate surface area is 266 Å². The molecule has 0 bridgehead atoms. The quantitative estimate of drug-likeness (QED) is 0.290. The van der Waals surface area contributed by atoms with Crippen molar-refractivity contribution in [3.63, 3.8) is 0 Å². The summed E-state index contributed by atoms with van der Waals surface area (Å²) in [5.41, 5.74) is 3.79. The van der Waals surface area contributed by atoms with Gasteiger partial charge in [-0.15, -0.1) is 0 Å². The maximum Gasteiger partial charge on any atom is 0.408 e. The number of rotatable bonds is 9. The van der Waals surface area contributed by atoms with Gasteiger partial charge < -0.3 is 29.2 Å². The normalized spacial score (nSPS) is 13.1. The number of amides is 2. The third kappa shape index (κ3) is 8.62. The highest BCUT2D eigenvalue weighted by atomic mass is 32.2. The maximum atomic E-state index is 13.7. The van der Waals surface area contributed by atoms with Crippen LogP contribution in [-0.4, -0.2) is 57.9 Å². The molecule has 0 radical (unpaired) electrons. The van der Waals surface area contributed by atoms with E-state index in [2.05, 4.69) is 22.8 Å². The van der Waals surface area contributed by atoms with Crippen molar-refractivity contribution in [2.45, 2.75) is 59.2 Å². The van der Waals surface area contributed by atoms with Gasteiger partial charge in [-0.1, -0.05) is 0 Å². The van der Waals surface area contributed by atoms with Gasteiger partial charge in [-0.25, -0.2) is 9.78 Å². The second-order valence-corrected chi connectivity index (χ2v) is 12.0. The average Bonchev–Trinajstić information content (AvgIpc) is 2.99. The van der Waals surface area contributed by atoms with Gasteiger partial charge in [-0.05, 0) is 94.2 Å². The van der Waals surface area contributed by atoms with E-state index in [-0.39, 0.29) is 30.9 Å². The molecule has 234 valence electrons. The predicted octanol–water partition coefficient (Wildman–Crippen LogP) is 5.45. The van der Waals surface area contributed by atoms with Gasteiger partial charge in [0.05, 0.1) is 47.7 Å². The summed E-state index contributed by atoms with van der Waals surface area (Å²) in [6.45, 7) is 9.33. The Bertz CT molecular complexity index is 1640. The molecule has 1 atom stereocenters. The predicted molar refractivity (Wildman–Crippen MR) is 169 cm³/mol. The summed E-state index contributed by atoms with van der Waals surface area (Å²) >= 11 is 1.09. The van der Waals surface area contributed by atoms with Crippen molar-refractivity contribution < 1.29 is 23.2 Å². The number of aromatic nitrogens is 2. The van der Waals surface area contributed by atoms with Crippen molar-refractivity contribution in [1.82, 2.24) is 20.2 Å². The zero-order chi connectivity index (χ0) is 32.7. The summed E-state index contributed by atoms with van der Waals surface area (Å²) in [6.07, 6.45) is 1.40. The van der Waals surface area contributed by atoms with Crippen LogP contribution in [0.2, 0.25) is 0 Å². The number of benzene rings is 2. The molecule has 1 aromatic heterocycles. The van der Waals surface area contributed by atoms with Crippen LogP contribution in [0.4, 0.5) is 16.4 Å². The molecular weight excluding hydrogens is 594 g/mol. The molecular formula is C32H35N7O5S. The second kappa shape index (κ2) is 14.3. The minimum atomic E-state index is -0.987. The smallest absolute Gasteiger partial charge is 0.408 e. The summed E-state index contributed by atoms with van der Waals surface area (Å²) in [7, 11) is 0. The minimum Gasteiger partial charge on any atom is -0.444 e. The second-order valence-electron chi connectivity index (χ2n) is 11.4. The van der Waals surface area contributed by atoms with Crippen LogP contribution in [0.15, 0.2) is 36.4 Å². The molecule has 0 saturated heterocycles. The number of carbonyl (C=O) groups excluding carboxylic acids is 2.